The topological polar surface area (TPSA) is 115 Å². The zero-order valence-electron chi connectivity index (χ0n) is 11.3. The number of carbonyl (C=O) groups excluding carboxylic acids is 1. The van der Waals surface area contributed by atoms with Crippen molar-refractivity contribution in [3.05, 3.63) is 24.3 Å². The quantitative estimate of drug-likeness (QED) is 0.765. The Morgan fingerprint density at radius 3 is 2.70 bits per heavy atom. The molecule has 1 aliphatic rings. The highest BCUT2D eigenvalue weighted by Crippen LogP contribution is 2.37. The van der Waals surface area contributed by atoms with Gasteiger partial charge in [0.25, 0.3) is 0 Å². The Morgan fingerprint density at radius 1 is 1.45 bits per heavy atom. The molecule has 0 heterocycles. The maximum atomic E-state index is 12.3. The van der Waals surface area contributed by atoms with E-state index in [0.29, 0.717) is 5.69 Å². The summed E-state index contributed by atoms with van der Waals surface area (Å²) < 4.78 is 22.6. The van der Waals surface area contributed by atoms with Crippen LogP contribution in [0.5, 0.6) is 0 Å². The van der Waals surface area contributed by atoms with Crippen molar-refractivity contribution >= 4 is 21.6 Å². The van der Waals surface area contributed by atoms with Crippen molar-refractivity contribution in [3.8, 4) is 0 Å². The highest BCUT2D eigenvalue weighted by molar-refractivity contribution is 7.89. The summed E-state index contributed by atoms with van der Waals surface area (Å²) in [7, 11) is -3.78. The Morgan fingerprint density at radius 2 is 2.15 bits per heavy atom. The second kappa shape index (κ2) is 5.16. The Bertz CT molecular complexity index is 630. The zero-order chi connectivity index (χ0) is 15.0. The van der Waals surface area contributed by atoms with Gasteiger partial charge in [0.1, 0.15) is 0 Å². The molecular formula is C13H19N3O3S. The number of amides is 1. The zero-order valence-corrected chi connectivity index (χ0v) is 12.1. The van der Waals surface area contributed by atoms with Crippen LogP contribution in [0.1, 0.15) is 26.2 Å². The summed E-state index contributed by atoms with van der Waals surface area (Å²) in [6.45, 7) is 1.84. The minimum Gasteiger partial charge on any atom is -0.327 e. The van der Waals surface area contributed by atoms with Gasteiger partial charge in [-0.05, 0) is 38.0 Å². The van der Waals surface area contributed by atoms with E-state index < -0.39 is 15.4 Å². The summed E-state index contributed by atoms with van der Waals surface area (Å²) in [5.74, 6) is -0.186. The first-order chi connectivity index (χ1) is 9.23. The van der Waals surface area contributed by atoms with Crippen molar-refractivity contribution in [1.29, 1.82) is 0 Å². The number of sulfonamides is 1. The monoisotopic (exact) mass is 297 g/mol. The van der Waals surface area contributed by atoms with E-state index in [1.54, 1.807) is 6.07 Å². The van der Waals surface area contributed by atoms with E-state index in [9.17, 15) is 13.2 Å². The van der Waals surface area contributed by atoms with Gasteiger partial charge in [0.2, 0.25) is 15.9 Å². The number of primary sulfonamides is 1. The van der Waals surface area contributed by atoms with Crippen molar-refractivity contribution in [3.63, 3.8) is 0 Å². The number of anilines is 1. The molecule has 2 atom stereocenters. The van der Waals surface area contributed by atoms with E-state index in [2.05, 4.69) is 5.32 Å². The number of nitrogens with one attached hydrogen (secondary N) is 1. The minimum atomic E-state index is -3.78. The molecule has 1 aliphatic carbocycles. The van der Waals surface area contributed by atoms with Gasteiger partial charge in [-0.3, -0.25) is 4.79 Å². The number of hydrogen-bond donors (Lipinski definition) is 3. The number of hydrogen-bond acceptors (Lipinski definition) is 4. The second-order valence-electron chi connectivity index (χ2n) is 5.44. The minimum absolute atomic E-state index is 0.0313. The van der Waals surface area contributed by atoms with Crippen LogP contribution in [0.15, 0.2) is 29.2 Å². The van der Waals surface area contributed by atoms with Crippen LogP contribution in [0, 0.1) is 5.41 Å². The lowest BCUT2D eigenvalue weighted by molar-refractivity contribution is -0.125. The van der Waals surface area contributed by atoms with Gasteiger partial charge in [0.05, 0.1) is 10.3 Å². The van der Waals surface area contributed by atoms with Gasteiger partial charge >= 0.3 is 0 Å². The van der Waals surface area contributed by atoms with Crippen molar-refractivity contribution in [2.75, 3.05) is 5.32 Å². The SMILES string of the molecule is CC1(C(=O)Nc2cccc(S(N)(=O)=O)c2)CCCC1N. The standard InChI is InChI=1S/C13H19N3O3S/c1-13(7-3-6-11(13)14)12(17)16-9-4-2-5-10(8-9)20(15,18)19/h2,4-5,8,11H,3,6-7,14H2,1H3,(H,16,17)(H2,15,18,19). The maximum absolute atomic E-state index is 12.3. The van der Waals surface area contributed by atoms with E-state index >= 15 is 0 Å². The lowest BCUT2D eigenvalue weighted by Gasteiger charge is -2.27. The average molecular weight is 297 g/mol. The molecule has 0 aliphatic heterocycles. The molecule has 110 valence electrons. The number of nitrogens with two attached hydrogens (primary N) is 2. The van der Waals surface area contributed by atoms with Gasteiger partial charge in [-0.15, -0.1) is 0 Å². The lowest BCUT2D eigenvalue weighted by atomic mass is 9.84. The molecule has 20 heavy (non-hydrogen) atoms. The van der Waals surface area contributed by atoms with E-state index in [0.717, 1.165) is 19.3 Å². The summed E-state index contributed by atoms with van der Waals surface area (Å²) in [4.78, 5) is 12.3. The summed E-state index contributed by atoms with van der Waals surface area (Å²) in [5, 5.41) is 7.79. The predicted molar refractivity (Wildman–Crippen MR) is 76.4 cm³/mol. The summed E-state index contributed by atoms with van der Waals surface area (Å²) in [6, 6.07) is 5.71. The average Bonchev–Trinajstić information content (AvgIpc) is 2.70. The van der Waals surface area contributed by atoms with Crippen molar-refractivity contribution in [2.24, 2.45) is 16.3 Å². The highest BCUT2D eigenvalue weighted by atomic mass is 32.2. The smallest absolute Gasteiger partial charge is 0.238 e. The molecule has 1 aromatic carbocycles. The first-order valence-electron chi connectivity index (χ1n) is 6.43. The predicted octanol–water partition coefficient (Wildman–Crippen LogP) is 0.790. The van der Waals surface area contributed by atoms with Crippen LogP contribution in [-0.2, 0) is 14.8 Å². The maximum Gasteiger partial charge on any atom is 0.238 e. The fourth-order valence-electron chi connectivity index (χ4n) is 2.50. The molecule has 2 unspecified atom stereocenters. The molecule has 1 amide bonds. The summed E-state index contributed by atoms with van der Waals surface area (Å²) >= 11 is 0. The van der Waals surface area contributed by atoms with Gasteiger partial charge in [-0.2, -0.15) is 0 Å². The molecule has 5 N–H and O–H groups in total. The summed E-state index contributed by atoms with van der Waals surface area (Å²) in [5.41, 5.74) is 5.78. The van der Waals surface area contributed by atoms with Crippen molar-refractivity contribution in [1.82, 2.24) is 0 Å². The molecule has 0 bridgehead atoms. The Hall–Kier alpha value is -1.44. The molecule has 1 aromatic rings. The molecule has 7 heteroatoms. The van der Waals surface area contributed by atoms with E-state index in [1.165, 1.54) is 18.2 Å². The molecular weight excluding hydrogens is 278 g/mol. The first kappa shape index (κ1) is 15.0. The fraction of sp³-hybridized carbons (Fsp3) is 0.462. The Labute approximate surface area is 118 Å². The van der Waals surface area contributed by atoms with Gasteiger partial charge in [0.15, 0.2) is 0 Å². The van der Waals surface area contributed by atoms with Crippen molar-refractivity contribution in [2.45, 2.75) is 37.1 Å². The van der Waals surface area contributed by atoms with Crippen LogP contribution in [0.2, 0.25) is 0 Å². The fourth-order valence-corrected chi connectivity index (χ4v) is 3.06. The number of rotatable bonds is 3. The third-order valence-corrected chi connectivity index (χ3v) is 4.88. The first-order valence-corrected chi connectivity index (χ1v) is 7.98. The Balaban J connectivity index is 2.21. The third kappa shape index (κ3) is 2.84. The normalized spacial score (nSPS) is 26.4. The van der Waals surface area contributed by atoms with Crippen LogP contribution >= 0.6 is 0 Å². The molecule has 1 saturated carbocycles. The second-order valence-corrected chi connectivity index (χ2v) is 7.00. The molecule has 0 spiro atoms. The van der Waals surface area contributed by atoms with Gasteiger partial charge < -0.3 is 11.1 Å². The van der Waals surface area contributed by atoms with Crippen molar-refractivity contribution < 1.29 is 13.2 Å². The van der Waals surface area contributed by atoms with Crippen LogP contribution in [-0.4, -0.2) is 20.4 Å². The molecule has 0 saturated heterocycles. The largest absolute Gasteiger partial charge is 0.327 e. The van der Waals surface area contributed by atoms with Crippen LogP contribution < -0.4 is 16.2 Å². The molecule has 0 radical (unpaired) electrons. The number of benzene rings is 1. The van der Waals surface area contributed by atoms with E-state index in [-0.39, 0.29) is 16.8 Å². The van der Waals surface area contributed by atoms with Crippen LogP contribution in [0.25, 0.3) is 0 Å². The van der Waals surface area contributed by atoms with E-state index in [4.69, 9.17) is 10.9 Å². The third-order valence-electron chi connectivity index (χ3n) is 3.97. The summed E-state index contributed by atoms with van der Waals surface area (Å²) in [6.07, 6.45) is 2.47. The molecule has 2 rings (SSSR count). The van der Waals surface area contributed by atoms with Crippen LogP contribution in [0.3, 0.4) is 0 Å². The van der Waals surface area contributed by atoms with Crippen LogP contribution in [0.4, 0.5) is 5.69 Å². The molecule has 6 nitrogen and oxygen atoms in total. The van der Waals surface area contributed by atoms with Gasteiger partial charge in [-0.1, -0.05) is 12.5 Å². The van der Waals surface area contributed by atoms with Gasteiger partial charge in [-0.25, -0.2) is 13.6 Å². The van der Waals surface area contributed by atoms with E-state index in [1.807, 2.05) is 6.92 Å². The lowest BCUT2D eigenvalue weighted by Crippen LogP contribution is -2.44. The Kier molecular flexibility index (Phi) is 3.86. The van der Waals surface area contributed by atoms with Gasteiger partial charge in [0, 0.05) is 11.7 Å². The molecule has 1 fully saturated rings. The number of carbonyl (C=O) groups is 1. The molecule has 0 aromatic heterocycles. The highest BCUT2D eigenvalue weighted by Gasteiger charge is 2.42.